The summed E-state index contributed by atoms with van der Waals surface area (Å²) in [5, 5.41) is 20.6. The zero-order valence-electron chi connectivity index (χ0n) is 23.8. The lowest BCUT2D eigenvalue weighted by Crippen LogP contribution is -2.49. The molecule has 0 spiro atoms. The third-order valence-corrected chi connectivity index (χ3v) is 8.29. The van der Waals surface area contributed by atoms with E-state index in [4.69, 9.17) is 26.1 Å². The van der Waals surface area contributed by atoms with Crippen LogP contribution < -0.4 is 16.0 Å². The average molecular weight is 569 g/mol. The lowest BCUT2D eigenvalue weighted by molar-refractivity contribution is -0.149. The minimum Gasteiger partial charge on any atom is -0.465 e. The third-order valence-electron chi connectivity index (χ3n) is 7.99. The molecule has 1 aliphatic heterocycles. The zero-order valence-corrected chi connectivity index (χ0v) is 24.5. The molecule has 1 saturated heterocycles. The number of ether oxygens (including phenoxy) is 2. The molecule has 0 atom stereocenters. The molecule has 1 saturated carbocycles. The first-order valence-corrected chi connectivity index (χ1v) is 14.7. The number of rotatable bonds is 11. The first kappa shape index (κ1) is 30.0. The molecule has 0 radical (unpaired) electrons. The summed E-state index contributed by atoms with van der Waals surface area (Å²) in [6, 6.07) is 10.5. The number of nitriles is 1. The SMILES string of the molecule is CCOC(=O)C(C)(C)NC[C@H]1CC[C@H](Nc2cc(-c3cccc(NCC4(C#N)CCOCC4)n3)c(Cl)cn2)CC1. The molecule has 0 bridgehead atoms. The van der Waals surface area contributed by atoms with E-state index < -0.39 is 11.0 Å². The van der Waals surface area contributed by atoms with Gasteiger partial charge in [0.2, 0.25) is 0 Å². The molecule has 4 rings (SSSR count). The van der Waals surface area contributed by atoms with Crippen molar-refractivity contribution >= 4 is 29.2 Å². The Bertz CT molecular complexity index is 1190. The summed E-state index contributed by atoms with van der Waals surface area (Å²) >= 11 is 6.55. The van der Waals surface area contributed by atoms with Gasteiger partial charge in [-0.15, -0.1) is 0 Å². The number of carbonyl (C=O) groups is 1. The van der Waals surface area contributed by atoms with Gasteiger partial charge in [0.05, 0.1) is 28.8 Å². The highest BCUT2D eigenvalue weighted by atomic mass is 35.5. The Kier molecular flexibility index (Phi) is 10.2. The largest absolute Gasteiger partial charge is 0.465 e. The van der Waals surface area contributed by atoms with E-state index in [-0.39, 0.29) is 5.97 Å². The third kappa shape index (κ3) is 7.84. The lowest BCUT2D eigenvalue weighted by atomic mass is 9.82. The summed E-state index contributed by atoms with van der Waals surface area (Å²) < 4.78 is 10.6. The Morgan fingerprint density at radius 3 is 2.67 bits per heavy atom. The van der Waals surface area contributed by atoms with Crippen molar-refractivity contribution < 1.29 is 14.3 Å². The molecule has 2 aromatic heterocycles. The van der Waals surface area contributed by atoms with Crippen molar-refractivity contribution in [3.63, 3.8) is 0 Å². The highest BCUT2D eigenvalue weighted by Crippen LogP contribution is 2.33. The van der Waals surface area contributed by atoms with Gasteiger partial charge in [0.1, 0.15) is 17.2 Å². The number of hydrogen-bond acceptors (Lipinski definition) is 9. The first-order chi connectivity index (χ1) is 19.2. The van der Waals surface area contributed by atoms with Crippen LogP contribution in [0.1, 0.15) is 59.3 Å². The van der Waals surface area contributed by atoms with Gasteiger partial charge in [-0.25, -0.2) is 9.97 Å². The second kappa shape index (κ2) is 13.6. The first-order valence-electron chi connectivity index (χ1n) is 14.3. The zero-order chi connectivity index (χ0) is 28.6. The van der Waals surface area contributed by atoms with E-state index in [0.717, 1.165) is 49.3 Å². The number of esters is 1. The number of halogens is 1. The maximum atomic E-state index is 12.2. The van der Waals surface area contributed by atoms with Crippen molar-refractivity contribution in [1.82, 2.24) is 15.3 Å². The van der Waals surface area contributed by atoms with Gasteiger partial charge >= 0.3 is 5.97 Å². The molecule has 40 heavy (non-hydrogen) atoms. The highest BCUT2D eigenvalue weighted by Gasteiger charge is 2.33. The van der Waals surface area contributed by atoms with Gasteiger partial charge in [0.15, 0.2) is 0 Å². The molecular weight excluding hydrogens is 528 g/mol. The van der Waals surface area contributed by atoms with Gasteiger partial charge in [-0.2, -0.15) is 5.26 Å². The van der Waals surface area contributed by atoms with E-state index in [0.29, 0.717) is 62.0 Å². The number of carbonyl (C=O) groups excluding carboxylic acids is 1. The van der Waals surface area contributed by atoms with E-state index >= 15 is 0 Å². The van der Waals surface area contributed by atoms with Crippen LogP contribution in [0.4, 0.5) is 11.6 Å². The Labute approximate surface area is 242 Å². The topological polar surface area (TPSA) is 121 Å². The van der Waals surface area contributed by atoms with Crippen LogP contribution in [-0.4, -0.2) is 60.4 Å². The predicted octanol–water partition coefficient (Wildman–Crippen LogP) is 5.43. The minimum atomic E-state index is -0.683. The fraction of sp³-hybridized carbons (Fsp3) is 0.600. The quantitative estimate of drug-likeness (QED) is 0.304. The molecule has 0 unspecified atom stereocenters. The number of hydrogen-bond donors (Lipinski definition) is 3. The van der Waals surface area contributed by atoms with Crippen LogP contribution in [0.25, 0.3) is 11.3 Å². The molecule has 9 nitrogen and oxygen atoms in total. The number of nitrogens with one attached hydrogen (secondary N) is 3. The molecule has 2 fully saturated rings. The summed E-state index contributed by atoms with van der Waals surface area (Å²) in [6.07, 6.45) is 7.27. The lowest BCUT2D eigenvalue weighted by Gasteiger charge is -2.32. The van der Waals surface area contributed by atoms with Gasteiger partial charge in [0, 0.05) is 37.6 Å². The summed E-state index contributed by atoms with van der Waals surface area (Å²) in [4.78, 5) is 21.5. The normalized spacial score (nSPS) is 20.8. The highest BCUT2D eigenvalue weighted by molar-refractivity contribution is 6.33. The van der Waals surface area contributed by atoms with Crippen LogP contribution >= 0.6 is 11.6 Å². The van der Waals surface area contributed by atoms with Gasteiger partial charge < -0.3 is 25.4 Å². The van der Waals surface area contributed by atoms with E-state index in [1.807, 2.05) is 45.0 Å². The fourth-order valence-corrected chi connectivity index (χ4v) is 5.45. The molecule has 0 aromatic carbocycles. The van der Waals surface area contributed by atoms with E-state index in [1.54, 1.807) is 6.20 Å². The van der Waals surface area contributed by atoms with E-state index in [2.05, 4.69) is 27.0 Å². The monoisotopic (exact) mass is 568 g/mol. The maximum Gasteiger partial charge on any atom is 0.325 e. The number of pyridine rings is 2. The van der Waals surface area contributed by atoms with Gasteiger partial charge in [-0.1, -0.05) is 17.7 Å². The molecule has 3 N–H and O–H groups in total. The Morgan fingerprint density at radius 2 is 1.98 bits per heavy atom. The van der Waals surface area contributed by atoms with Crippen molar-refractivity contribution in [3.8, 4) is 17.3 Å². The smallest absolute Gasteiger partial charge is 0.325 e. The van der Waals surface area contributed by atoms with Gasteiger partial charge in [-0.05, 0) is 90.0 Å². The van der Waals surface area contributed by atoms with Gasteiger partial charge in [-0.3, -0.25) is 4.79 Å². The van der Waals surface area contributed by atoms with Crippen LogP contribution in [0.3, 0.4) is 0 Å². The summed E-state index contributed by atoms with van der Waals surface area (Å²) in [5.41, 5.74) is 0.436. The summed E-state index contributed by atoms with van der Waals surface area (Å²) in [5.74, 6) is 1.78. The molecule has 3 heterocycles. The van der Waals surface area contributed by atoms with Crippen LogP contribution in [-0.2, 0) is 14.3 Å². The molecule has 10 heteroatoms. The molecule has 1 aliphatic carbocycles. The van der Waals surface area contributed by atoms with E-state index in [9.17, 15) is 10.1 Å². The van der Waals surface area contributed by atoms with Crippen molar-refractivity contribution in [2.24, 2.45) is 11.3 Å². The second-order valence-electron chi connectivity index (χ2n) is 11.4. The molecule has 0 amide bonds. The van der Waals surface area contributed by atoms with Crippen molar-refractivity contribution in [2.45, 2.75) is 70.9 Å². The van der Waals surface area contributed by atoms with Gasteiger partial charge in [0.25, 0.3) is 0 Å². The standard InChI is InChI=1S/C30H41ClN6O3/c1-4-40-28(38)29(2,3)35-17-21-8-10-22(11-9-21)36-27-16-23(24(31)18-33-27)25-6-5-7-26(37-25)34-20-30(19-32)12-14-39-15-13-30/h5-7,16,18,21-22,35H,4,8-15,17,20H2,1-3H3,(H,33,36)(H,34,37)/t21-,22-. The van der Waals surface area contributed by atoms with Crippen LogP contribution in [0, 0.1) is 22.7 Å². The Morgan fingerprint density at radius 1 is 1.23 bits per heavy atom. The second-order valence-corrected chi connectivity index (χ2v) is 11.8. The fourth-order valence-electron chi connectivity index (χ4n) is 5.25. The Balaban J connectivity index is 1.33. The predicted molar refractivity (Wildman–Crippen MR) is 157 cm³/mol. The molecular formula is C30H41ClN6O3. The van der Waals surface area contributed by atoms with Crippen molar-refractivity contribution in [2.75, 3.05) is 43.5 Å². The Hall–Kier alpha value is -2.93. The maximum absolute atomic E-state index is 12.2. The molecule has 2 aromatic rings. The van der Waals surface area contributed by atoms with Crippen LogP contribution in [0.15, 0.2) is 30.5 Å². The van der Waals surface area contributed by atoms with Crippen LogP contribution in [0.5, 0.6) is 0 Å². The van der Waals surface area contributed by atoms with Crippen molar-refractivity contribution in [3.05, 3.63) is 35.5 Å². The summed E-state index contributed by atoms with van der Waals surface area (Å²) in [7, 11) is 0. The molecule has 216 valence electrons. The van der Waals surface area contributed by atoms with E-state index in [1.165, 1.54) is 0 Å². The van der Waals surface area contributed by atoms with Crippen molar-refractivity contribution in [1.29, 1.82) is 5.26 Å². The average Bonchev–Trinajstić information content (AvgIpc) is 2.97. The number of nitrogens with zero attached hydrogens (tertiary/aromatic N) is 3. The number of aromatic nitrogens is 2. The minimum absolute atomic E-state index is 0.212. The van der Waals surface area contributed by atoms with Crippen LogP contribution in [0.2, 0.25) is 5.02 Å². The number of anilines is 2. The molecule has 2 aliphatic rings. The summed E-state index contributed by atoms with van der Waals surface area (Å²) in [6.45, 7) is 8.49.